The van der Waals surface area contributed by atoms with Crippen molar-refractivity contribution >= 4 is 11.8 Å². The zero-order chi connectivity index (χ0) is 20.1. The Morgan fingerprint density at radius 2 is 1.76 bits per heavy atom. The molecule has 0 spiro atoms. The molecule has 4 rings (SSSR count). The van der Waals surface area contributed by atoms with Crippen molar-refractivity contribution < 1.29 is 0 Å². The fraction of sp³-hybridized carbons (Fsp3) is 0.286. The molecule has 148 valence electrons. The van der Waals surface area contributed by atoms with Crippen LogP contribution in [-0.4, -0.2) is 36.5 Å². The highest BCUT2D eigenvalue weighted by Crippen LogP contribution is 2.29. The second-order valence-electron chi connectivity index (χ2n) is 6.74. The first-order chi connectivity index (χ1) is 14.3. The maximum atomic E-state index is 4.39. The number of hydrogen-bond acceptors (Lipinski definition) is 6. The van der Waals surface area contributed by atoms with Gasteiger partial charge in [-0.05, 0) is 34.9 Å². The summed E-state index contributed by atoms with van der Waals surface area (Å²) in [7, 11) is 0. The average Bonchev–Trinajstić information content (AvgIpc) is 3.43. The van der Waals surface area contributed by atoms with Crippen LogP contribution in [0, 0.1) is 0 Å². The first-order valence-electron chi connectivity index (χ1n) is 9.63. The normalized spacial score (nSPS) is 11.1. The second-order valence-corrected chi connectivity index (χ2v) is 7.51. The quantitative estimate of drug-likeness (QED) is 0.412. The molecule has 0 aliphatic rings. The van der Waals surface area contributed by atoms with Gasteiger partial charge in [-0.2, -0.15) is 5.21 Å². The Morgan fingerprint density at radius 1 is 0.966 bits per heavy atom. The minimum absolute atomic E-state index is 0.541. The fourth-order valence-electron chi connectivity index (χ4n) is 3.30. The predicted octanol–water partition coefficient (Wildman–Crippen LogP) is 3.87. The molecular weight excluding hydrogens is 382 g/mol. The van der Waals surface area contributed by atoms with Crippen molar-refractivity contribution in [2.75, 3.05) is 6.26 Å². The molecule has 0 aliphatic heterocycles. The molecule has 29 heavy (non-hydrogen) atoms. The van der Waals surface area contributed by atoms with Gasteiger partial charge >= 0.3 is 0 Å². The summed E-state index contributed by atoms with van der Waals surface area (Å²) in [5.74, 6) is 1.60. The van der Waals surface area contributed by atoms with Gasteiger partial charge in [0.2, 0.25) is 0 Å². The Kier molecular flexibility index (Phi) is 6.00. The van der Waals surface area contributed by atoms with Gasteiger partial charge in [-0.1, -0.05) is 73.6 Å². The van der Waals surface area contributed by atoms with Crippen molar-refractivity contribution in [1.82, 2.24) is 35.4 Å². The lowest BCUT2D eigenvalue weighted by Gasteiger charge is -2.12. The summed E-state index contributed by atoms with van der Waals surface area (Å²) in [6.45, 7) is 2.96. The van der Waals surface area contributed by atoms with E-state index in [0.717, 1.165) is 53.5 Å². The second kappa shape index (κ2) is 9.00. The van der Waals surface area contributed by atoms with Gasteiger partial charge in [-0.15, -0.1) is 10.2 Å². The number of tetrazole rings is 1. The van der Waals surface area contributed by atoms with E-state index in [1.807, 2.05) is 24.5 Å². The molecule has 0 N–H and O–H groups in total. The smallest absolute Gasteiger partial charge is 0.191 e. The molecule has 0 amide bonds. The lowest BCUT2D eigenvalue weighted by molar-refractivity contribution is 0.642. The lowest BCUT2D eigenvalue weighted by Crippen LogP contribution is -2.06. The van der Waals surface area contributed by atoms with Crippen LogP contribution in [0.25, 0.3) is 22.5 Å². The highest BCUT2D eigenvalue weighted by Gasteiger charge is 2.12. The van der Waals surface area contributed by atoms with E-state index < -0.39 is 0 Å². The highest BCUT2D eigenvalue weighted by molar-refractivity contribution is 7.98. The zero-order valence-corrected chi connectivity index (χ0v) is 17.3. The third-order valence-electron chi connectivity index (χ3n) is 4.82. The van der Waals surface area contributed by atoms with Crippen LogP contribution in [0.4, 0.5) is 0 Å². The van der Waals surface area contributed by atoms with Crippen molar-refractivity contribution in [2.45, 2.75) is 37.9 Å². The van der Waals surface area contributed by atoms with Crippen LogP contribution in [-0.2, 0) is 13.0 Å². The first-order valence-corrected chi connectivity index (χ1v) is 10.9. The van der Waals surface area contributed by atoms with E-state index in [9.17, 15) is 0 Å². The molecule has 7 nitrogen and oxygen atoms in total. The third-order valence-corrected chi connectivity index (χ3v) is 5.49. The van der Waals surface area contributed by atoms with Gasteiger partial charge in [0.05, 0.1) is 6.54 Å². The maximum Gasteiger partial charge on any atom is 0.191 e. The summed E-state index contributed by atoms with van der Waals surface area (Å²) in [6.07, 6.45) is 5.26. The summed E-state index contributed by atoms with van der Waals surface area (Å²) >= 11 is 1.63. The van der Waals surface area contributed by atoms with E-state index in [1.165, 1.54) is 5.56 Å². The van der Waals surface area contributed by atoms with Crippen molar-refractivity contribution in [3.63, 3.8) is 0 Å². The van der Waals surface area contributed by atoms with E-state index in [1.54, 1.807) is 11.8 Å². The van der Waals surface area contributed by atoms with Crippen LogP contribution in [0.1, 0.15) is 31.2 Å². The first kappa shape index (κ1) is 19.3. The number of rotatable bonds is 8. The lowest BCUT2D eigenvalue weighted by atomic mass is 9.98. The number of hydrogen-bond donors (Lipinski definition) is 0. The molecule has 0 fully saturated rings. The van der Waals surface area contributed by atoms with Crippen molar-refractivity contribution in [3.8, 4) is 22.5 Å². The van der Waals surface area contributed by atoms with Crippen LogP contribution < -0.4 is 5.10 Å². The Bertz CT molecular complexity index is 1060. The Balaban J connectivity index is 1.60. The zero-order valence-electron chi connectivity index (χ0n) is 16.5. The van der Waals surface area contributed by atoms with Crippen molar-refractivity contribution in [3.05, 3.63) is 59.9 Å². The molecule has 0 saturated carbocycles. The van der Waals surface area contributed by atoms with E-state index in [4.69, 9.17) is 0 Å². The molecule has 2 aromatic heterocycles. The number of thioether (sulfide) groups is 1. The predicted molar refractivity (Wildman–Crippen MR) is 114 cm³/mol. The van der Waals surface area contributed by atoms with Crippen molar-refractivity contribution in [2.24, 2.45) is 0 Å². The summed E-state index contributed by atoms with van der Waals surface area (Å²) in [6, 6.07) is 16.6. The molecule has 2 aromatic carbocycles. The Labute approximate surface area is 174 Å². The molecule has 0 atom stereocenters. The largest absolute Gasteiger partial charge is 0.330 e. The number of aryl methyl sites for hydroxylation is 1. The summed E-state index contributed by atoms with van der Waals surface area (Å²) in [5, 5.41) is 24.9. The van der Waals surface area contributed by atoms with Crippen LogP contribution in [0.15, 0.2) is 53.7 Å². The van der Waals surface area contributed by atoms with Crippen LogP contribution in [0.3, 0.4) is 0 Å². The monoisotopic (exact) mass is 404 g/mol. The third kappa shape index (κ3) is 4.22. The summed E-state index contributed by atoms with van der Waals surface area (Å²) < 4.78 is 2.22. The Morgan fingerprint density at radius 3 is 2.45 bits per heavy atom. The maximum absolute atomic E-state index is 4.39. The van der Waals surface area contributed by atoms with Crippen molar-refractivity contribution in [1.29, 1.82) is 0 Å². The molecule has 4 aromatic rings. The minimum atomic E-state index is 0.541. The van der Waals surface area contributed by atoms with E-state index in [-0.39, 0.29) is 0 Å². The Hall–Kier alpha value is -3.00. The number of unbranched alkanes of at least 4 members (excludes halogenated alkanes) is 1. The van der Waals surface area contributed by atoms with Gasteiger partial charge in [0, 0.05) is 12.2 Å². The summed E-state index contributed by atoms with van der Waals surface area (Å²) in [4.78, 5) is 0. The van der Waals surface area contributed by atoms with Gasteiger partial charge < -0.3 is 9.67 Å². The van der Waals surface area contributed by atoms with Crippen LogP contribution >= 0.6 is 11.8 Å². The SMILES string of the molecule is CCCCc1nnc(SC)n1Cc1ccc(-c2ccccc2-c2nnn[n-]2)cc1. The van der Waals surface area contributed by atoms with E-state index in [2.05, 4.69) is 72.6 Å². The fourth-order valence-corrected chi connectivity index (χ4v) is 3.82. The van der Waals surface area contributed by atoms with Gasteiger partial charge in [0.25, 0.3) is 0 Å². The topological polar surface area (TPSA) is 83.5 Å². The molecule has 8 heteroatoms. The summed E-state index contributed by atoms with van der Waals surface area (Å²) in [5.41, 5.74) is 4.31. The molecule has 0 bridgehead atoms. The highest BCUT2D eigenvalue weighted by atomic mass is 32.2. The van der Waals surface area contributed by atoms with Crippen LogP contribution in [0.5, 0.6) is 0 Å². The molecular formula is C21H22N7S-. The molecule has 0 saturated heterocycles. The molecule has 0 radical (unpaired) electrons. The van der Waals surface area contributed by atoms with Gasteiger partial charge in [0.15, 0.2) is 5.16 Å². The van der Waals surface area contributed by atoms with E-state index >= 15 is 0 Å². The molecule has 0 aliphatic carbocycles. The number of benzene rings is 2. The number of aromatic nitrogens is 7. The van der Waals surface area contributed by atoms with Gasteiger partial charge in [0.1, 0.15) is 5.82 Å². The van der Waals surface area contributed by atoms with E-state index in [0.29, 0.717) is 5.82 Å². The minimum Gasteiger partial charge on any atom is -0.330 e. The van der Waals surface area contributed by atoms with Gasteiger partial charge in [-0.25, -0.2) is 0 Å². The number of nitrogens with zero attached hydrogens (tertiary/aromatic N) is 7. The standard InChI is InChI=1S/C21H22N7S/c1-3-4-9-19-22-25-21(29-2)28(19)14-15-10-12-16(13-11-15)17-7-5-6-8-18(17)20-23-26-27-24-20/h5-8,10-13H,3-4,9,14H2,1-2H3/q-1. The van der Waals surface area contributed by atoms with Crippen LogP contribution in [0.2, 0.25) is 0 Å². The average molecular weight is 405 g/mol. The molecule has 2 heterocycles. The molecule has 0 unspecified atom stereocenters. The van der Waals surface area contributed by atoms with Gasteiger partial charge in [-0.3, -0.25) is 10.3 Å².